The summed E-state index contributed by atoms with van der Waals surface area (Å²) in [6.07, 6.45) is 0.366. The lowest BCUT2D eigenvalue weighted by Crippen LogP contribution is -2.43. The van der Waals surface area contributed by atoms with Crippen LogP contribution in [-0.4, -0.2) is 21.8 Å². The summed E-state index contributed by atoms with van der Waals surface area (Å²) in [5, 5.41) is 14.2. The van der Waals surface area contributed by atoms with Crippen LogP contribution in [0.25, 0.3) is 0 Å². The van der Waals surface area contributed by atoms with Gasteiger partial charge in [0.05, 0.1) is 11.5 Å². The van der Waals surface area contributed by atoms with Crippen molar-refractivity contribution in [2.24, 2.45) is 0 Å². The summed E-state index contributed by atoms with van der Waals surface area (Å²) in [6.45, 7) is 1.77. The maximum atomic E-state index is 13.1. The van der Waals surface area contributed by atoms with Crippen molar-refractivity contribution in [2.45, 2.75) is 25.4 Å². The Morgan fingerprint density at radius 2 is 1.88 bits per heavy atom. The molecule has 26 heavy (non-hydrogen) atoms. The average molecular weight is 374 g/mol. The highest BCUT2D eigenvalue weighted by Gasteiger charge is 2.51. The first kappa shape index (κ1) is 17.9. The molecule has 0 aromatic heterocycles. The minimum absolute atomic E-state index is 0.0400. The number of amides is 3. The molecule has 7 nitrogen and oxygen atoms in total. The van der Waals surface area contributed by atoms with Crippen molar-refractivity contribution in [1.29, 1.82) is 0 Å². The molecule has 3 rings (SSSR count). The molecule has 1 aliphatic rings. The van der Waals surface area contributed by atoms with Crippen molar-refractivity contribution in [3.05, 3.63) is 74.8 Å². The molecule has 0 spiro atoms. The fourth-order valence-corrected chi connectivity index (χ4v) is 3.22. The monoisotopic (exact) mass is 373 g/mol. The third-order valence-corrected chi connectivity index (χ3v) is 4.76. The predicted octanol–water partition coefficient (Wildman–Crippen LogP) is 3.61. The predicted molar refractivity (Wildman–Crippen MR) is 95.6 cm³/mol. The first-order valence-corrected chi connectivity index (χ1v) is 8.38. The lowest BCUT2D eigenvalue weighted by molar-refractivity contribution is -0.384. The van der Waals surface area contributed by atoms with E-state index in [0.717, 1.165) is 4.90 Å². The van der Waals surface area contributed by atoms with E-state index in [0.29, 0.717) is 22.6 Å². The number of carbonyl (C=O) groups excluding carboxylic acids is 2. The van der Waals surface area contributed by atoms with Crippen LogP contribution in [0.5, 0.6) is 0 Å². The summed E-state index contributed by atoms with van der Waals surface area (Å²) in [4.78, 5) is 37.0. The Labute approximate surface area is 154 Å². The number of non-ortho nitro benzene ring substituents is 1. The molecular weight excluding hydrogens is 358 g/mol. The number of imide groups is 1. The van der Waals surface area contributed by atoms with Gasteiger partial charge < -0.3 is 5.32 Å². The maximum Gasteiger partial charge on any atom is 0.325 e. The summed E-state index contributed by atoms with van der Waals surface area (Å²) in [6, 6.07) is 12.1. The molecule has 1 N–H and O–H groups in total. The van der Waals surface area contributed by atoms with E-state index in [-0.39, 0.29) is 18.1 Å². The van der Waals surface area contributed by atoms with Gasteiger partial charge in [-0.3, -0.25) is 19.8 Å². The third-order valence-electron chi connectivity index (χ3n) is 4.51. The number of hydrogen-bond donors (Lipinski definition) is 1. The van der Waals surface area contributed by atoms with Crippen molar-refractivity contribution in [3.8, 4) is 0 Å². The lowest BCUT2D eigenvalue weighted by atomic mass is 9.87. The average Bonchev–Trinajstić information content (AvgIpc) is 2.87. The second kappa shape index (κ2) is 6.76. The first-order chi connectivity index (χ1) is 12.4. The van der Waals surface area contributed by atoms with E-state index in [1.807, 2.05) is 6.92 Å². The van der Waals surface area contributed by atoms with E-state index in [4.69, 9.17) is 11.6 Å². The van der Waals surface area contributed by atoms with E-state index < -0.39 is 16.5 Å². The van der Waals surface area contributed by atoms with Crippen LogP contribution in [0.4, 0.5) is 10.5 Å². The van der Waals surface area contributed by atoms with Gasteiger partial charge in [-0.2, -0.15) is 0 Å². The van der Waals surface area contributed by atoms with Crippen molar-refractivity contribution in [2.75, 3.05) is 0 Å². The minimum atomic E-state index is -1.16. The van der Waals surface area contributed by atoms with E-state index in [1.54, 1.807) is 30.3 Å². The molecule has 0 saturated carbocycles. The van der Waals surface area contributed by atoms with Gasteiger partial charge in [0.1, 0.15) is 5.54 Å². The summed E-state index contributed by atoms with van der Waals surface area (Å²) >= 11 is 5.91. The van der Waals surface area contributed by atoms with Gasteiger partial charge in [-0.25, -0.2) is 4.79 Å². The molecule has 1 saturated heterocycles. The van der Waals surface area contributed by atoms with Gasteiger partial charge in [0, 0.05) is 17.2 Å². The van der Waals surface area contributed by atoms with Crippen molar-refractivity contribution >= 4 is 29.2 Å². The number of nitrogens with one attached hydrogen (secondary N) is 1. The van der Waals surface area contributed by atoms with Gasteiger partial charge in [0.2, 0.25) is 0 Å². The number of nitrogens with zero attached hydrogens (tertiary/aromatic N) is 2. The van der Waals surface area contributed by atoms with Crippen LogP contribution in [0.2, 0.25) is 5.02 Å². The summed E-state index contributed by atoms with van der Waals surface area (Å²) in [7, 11) is 0. The van der Waals surface area contributed by atoms with Crippen LogP contribution < -0.4 is 5.32 Å². The minimum Gasteiger partial charge on any atom is -0.319 e. The smallest absolute Gasteiger partial charge is 0.319 e. The summed E-state index contributed by atoms with van der Waals surface area (Å²) in [5.74, 6) is -0.390. The van der Waals surface area contributed by atoms with Crippen molar-refractivity contribution in [3.63, 3.8) is 0 Å². The molecule has 1 fully saturated rings. The molecule has 2 aromatic rings. The fourth-order valence-electron chi connectivity index (χ4n) is 3.09. The van der Waals surface area contributed by atoms with Gasteiger partial charge in [-0.05, 0) is 29.7 Å². The molecule has 1 atom stereocenters. The molecule has 2 aromatic carbocycles. The zero-order valence-corrected chi connectivity index (χ0v) is 14.7. The Balaban J connectivity index is 1.92. The lowest BCUT2D eigenvalue weighted by Gasteiger charge is -2.25. The quantitative estimate of drug-likeness (QED) is 0.492. The molecule has 3 amide bonds. The van der Waals surface area contributed by atoms with Crippen LogP contribution in [-0.2, 0) is 16.9 Å². The molecule has 0 aliphatic carbocycles. The Hall–Kier alpha value is -2.93. The Morgan fingerprint density at radius 3 is 2.50 bits per heavy atom. The number of rotatable bonds is 5. The van der Waals surface area contributed by atoms with Crippen molar-refractivity contribution in [1.82, 2.24) is 10.2 Å². The highest BCUT2D eigenvalue weighted by atomic mass is 35.5. The van der Waals surface area contributed by atoms with E-state index in [9.17, 15) is 19.7 Å². The standard InChI is InChI=1S/C18H16ClN3O4/c1-2-18(13-6-8-14(19)9-7-13)16(23)21(17(24)20-18)11-12-4-3-5-15(10-12)22(25)26/h3-10H,2,11H2,1H3,(H,20,24). The van der Waals surface area contributed by atoms with E-state index >= 15 is 0 Å². The van der Waals surface area contributed by atoms with Crippen LogP contribution in [0.1, 0.15) is 24.5 Å². The number of benzene rings is 2. The zero-order valence-electron chi connectivity index (χ0n) is 13.9. The molecule has 8 heteroatoms. The number of nitro benzene ring substituents is 1. The summed E-state index contributed by atoms with van der Waals surface area (Å²) in [5.41, 5.74) is -0.105. The topological polar surface area (TPSA) is 92.6 Å². The second-order valence-corrected chi connectivity index (χ2v) is 6.45. The van der Waals surface area contributed by atoms with Gasteiger partial charge in [0.15, 0.2) is 0 Å². The largest absolute Gasteiger partial charge is 0.325 e. The van der Waals surface area contributed by atoms with Crippen LogP contribution in [0.15, 0.2) is 48.5 Å². The van der Waals surface area contributed by atoms with E-state index in [1.165, 1.54) is 18.2 Å². The first-order valence-electron chi connectivity index (χ1n) is 8.01. The SMILES string of the molecule is CCC1(c2ccc(Cl)cc2)NC(=O)N(Cc2cccc([N+](=O)[O-])c2)C1=O. The number of hydrogen-bond acceptors (Lipinski definition) is 4. The fraction of sp³-hybridized carbons (Fsp3) is 0.222. The Morgan fingerprint density at radius 1 is 1.19 bits per heavy atom. The molecule has 134 valence electrons. The third kappa shape index (κ3) is 3.01. The zero-order chi connectivity index (χ0) is 18.9. The molecule has 1 aliphatic heterocycles. The van der Waals surface area contributed by atoms with Gasteiger partial charge >= 0.3 is 6.03 Å². The van der Waals surface area contributed by atoms with Crippen molar-refractivity contribution < 1.29 is 14.5 Å². The molecule has 1 heterocycles. The van der Waals surface area contributed by atoms with Gasteiger partial charge in [-0.1, -0.05) is 42.8 Å². The Kier molecular flexibility index (Phi) is 4.65. The highest BCUT2D eigenvalue weighted by molar-refractivity contribution is 6.30. The molecule has 1 unspecified atom stereocenters. The van der Waals surface area contributed by atoms with E-state index in [2.05, 4.69) is 5.32 Å². The van der Waals surface area contributed by atoms with Gasteiger partial charge in [0.25, 0.3) is 11.6 Å². The molecular formula is C18H16ClN3O4. The normalized spacial score (nSPS) is 19.5. The molecule has 0 bridgehead atoms. The number of halogens is 1. The maximum absolute atomic E-state index is 13.1. The summed E-state index contributed by atoms with van der Waals surface area (Å²) < 4.78 is 0. The molecule has 0 radical (unpaired) electrons. The number of carbonyl (C=O) groups is 2. The Bertz CT molecular complexity index is 884. The van der Waals surface area contributed by atoms with Crippen LogP contribution >= 0.6 is 11.6 Å². The second-order valence-electron chi connectivity index (χ2n) is 6.01. The van der Waals surface area contributed by atoms with Crippen LogP contribution in [0, 0.1) is 10.1 Å². The van der Waals surface area contributed by atoms with Gasteiger partial charge in [-0.15, -0.1) is 0 Å². The highest BCUT2D eigenvalue weighted by Crippen LogP contribution is 2.34. The number of nitro groups is 1. The van der Waals surface area contributed by atoms with Crippen LogP contribution in [0.3, 0.4) is 0 Å². The number of urea groups is 1.